The summed E-state index contributed by atoms with van der Waals surface area (Å²) < 4.78 is 53.1. The van der Waals surface area contributed by atoms with E-state index in [9.17, 15) is 17.6 Å². The molecule has 0 saturated carbocycles. The third-order valence-corrected chi connectivity index (χ3v) is 3.25. The molecule has 7 heteroatoms. The maximum atomic E-state index is 13.5. The summed E-state index contributed by atoms with van der Waals surface area (Å²) in [7, 11) is 1.42. The summed E-state index contributed by atoms with van der Waals surface area (Å²) in [5.74, 6) is -3.32. The molecule has 0 aliphatic heterocycles. The normalized spacial score (nSPS) is 10.6. The van der Waals surface area contributed by atoms with E-state index in [-0.39, 0.29) is 15.7 Å². The first kappa shape index (κ1) is 13.7. The molecule has 1 heterocycles. The molecule has 1 N–H and O–H groups in total. The molecule has 2 rings (SSSR count). The molecule has 100 valence electrons. The molecule has 0 bridgehead atoms. The minimum absolute atomic E-state index is 0.125. The molecule has 0 spiro atoms. The van der Waals surface area contributed by atoms with Crippen LogP contribution in [0.5, 0.6) is 0 Å². The molecule has 0 unspecified atom stereocenters. The largest absolute Gasteiger partial charge is 0.371 e. The molecular formula is C12H8F4N2S. The topological polar surface area (TPSA) is 24.9 Å². The second-order valence-electron chi connectivity index (χ2n) is 3.53. The molecule has 2 nitrogen and oxygen atoms in total. The Bertz CT molecular complexity index is 619. The Morgan fingerprint density at radius 2 is 1.74 bits per heavy atom. The van der Waals surface area contributed by atoms with Crippen LogP contribution in [0.3, 0.4) is 0 Å². The van der Waals surface area contributed by atoms with Gasteiger partial charge in [0, 0.05) is 13.1 Å². The number of rotatable bonds is 3. The van der Waals surface area contributed by atoms with Gasteiger partial charge in [0.25, 0.3) is 0 Å². The molecular weight excluding hydrogens is 280 g/mol. The van der Waals surface area contributed by atoms with E-state index in [2.05, 4.69) is 10.3 Å². The number of nitrogens with one attached hydrogen (secondary N) is 1. The molecule has 0 radical (unpaired) electrons. The summed E-state index contributed by atoms with van der Waals surface area (Å²) in [4.78, 5) is 3.54. The van der Waals surface area contributed by atoms with E-state index < -0.39 is 23.3 Å². The Kier molecular flexibility index (Phi) is 3.94. The van der Waals surface area contributed by atoms with Gasteiger partial charge >= 0.3 is 0 Å². The summed E-state index contributed by atoms with van der Waals surface area (Å²) in [5, 5.41) is 2.20. The molecule has 2 aromatic rings. The van der Waals surface area contributed by atoms with E-state index in [1.165, 1.54) is 7.05 Å². The van der Waals surface area contributed by atoms with Gasteiger partial charge in [-0.05, 0) is 18.2 Å². The van der Waals surface area contributed by atoms with Gasteiger partial charge < -0.3 is 5.32 Å². The Balaban J connectivity index is 2.40. The highest BCUT2D eigenvalue weighted by Gasteiger charge is 2.14. The van der Waals surface area contributed by atoms with Crippen molar-refractivity contribution in [1.82, 2.24) is 4.98 Å². The molecule has 0 fully saturated rings. The number of halogens is 4. The van der Waals surface area contributed by atoms with Crippen LogP contribution in [-0.2, 0) is 0 Å². The summed E-state index contributed by atoms with van der Waals surface area (Å²) >= 11 is 0.585. The number of nitrogens with zero attached hydrogens (tertiary/aromatic N) is 1. The fraction of sp³-hybridized carbons (Fsp3) is 0.0833. The third kappa shape index (κ3) is 2.98. The molecule has 0 amide bonds. The second-order valence-corrected chi connectivity index (χ2v) is 4.56. The summed E-state index contributed by atoms with van der Waals surface area (Å²) in [6, 6.07) is 3.44. The smallest absolute Gasteiger partial charge is 0.168 e. The Labute approximate surface area is 110 Å². The summed E-state index contributed by atoms with van der Waals surface area (Å²) in [5.41, 5.74) is 0. The van der Waals surface area contributed by atoms with Crippen molar-refractivity contribution in [3.05, 3.63) is 47.5 Å². The first-order valence-electron chi connectivity index (χ1n) is 5.18. The zero-order valence-electron chi connectivity index (χ0n) is 9.68. The van der Waals surface area contributed by atoms with Gasteiger partial charge in [-0.3, -0.25) is 0 Å². The number of pyridine rings is 1. The van der Waals surface area contributed by atoms with Crippen LogP contribution in [0.25, 0.3) is 0 Å². The van der Waals surface area contributed by atoms with Crippen molar-refractivity contribution in [2.75, 3.05) is 12.4 Å². The quantitative estimate of drug-likeness (QED) is 0.869. The lowest BCUT2D eigenvalue weighted by Gasteiger charge is -2.07. The zero-order chi connectivity index (χ0) is 14.0. The highest BCUT2D eigenvalue weighted by Crippen LogP contribution is 2.32. The molecule has 0 saturated heterocycles. The van der Waals surface area contributed by atoms with Crippen LogP contribution in [0.2, 0.25) is 0 Å². The van der Waals surface area contributed by atoms with Gasteiger partial charge in [0.05, 0.1) is 4.90 Å². The van der Waals surface area contributed by atoms with E-state index in [0.29, 0.717) is 17.8 Å². The van der Waals surface area contributed by atoms with Crippen LogP contribution in [0, 0.1) is 23.3 Å². The van der Waals surface area contributed by atoms with Crippen molar-refractivity contribution < 1.29 is 17.6 Å². The number of benzene rings is 1. The molecule has 1 aromatic carbocycles. The third-order valence-electron chi connectivity index (χ3n) is 2.23. The highest BCUT2D eigenvalue weighted by molar-refractivity contribution is 7.99. The molecule has 0 aliphatic carbocycles. The number of hydrogen-bond acceptors (Lipinski definition) is 3. The van der Waals surface area contributed by atoms with E-state index in [1.54, 1.807) is 0 Å². The van der Waals surface area contributed by atoms with Crippen LogP contribution in [-0.4, -0.2) is 12.0 Å². The predicted octanol–water partition coefficient (Wildman–Crippen LogP) is 3.83. The van der Waals surface area contributed by atoms with Gasteiger partial charge in [-0.25, -0.2) is 22.5 Å². The highest BCUT2D eigenvalue weighted by atomic mass is 32.2. The standard InChI is InChI=1S/C12H8F4N2S/c1-17-11-8(15)5-9(16)12(18-11)19-10-4-6(13)2-3-7(10)14/h2-5H,1H3,(H,17,18). The van der Waals surface area contributed by atoms with E-state index in [0.717, 1.165) is 18.2 Å². The van der Waals surface area contributed by atoms with Gasteiger partial charge in [0.2, 0.25) is 0 Å². The first-order valence-corrected chi connectivity index (χ1v) is 5.99. The number of anilines is 1. The molecule has 0 aliphatic rings. The Morgan fingerprint density at radius 1 is 1.00 bits per heavy atom. The monoisotopic (exact) mass is 288 g/mol. The molecule has 19 heavy (non-hydrogen) atoms. The van der Waals surface area contributed by atoms with Crippen molar-refractivity contribution in [1.29, 1.82) is 0 Å². The number of hydrogen-bond donors (Lipinski definition) is 1. The van der Waals surface area contributed by atoms with Crippen molar-refractivity contribution >= 4 is 17.6 Å². The average molecular weight is 288 g/mol. The van der Waals surface area contributed by atoms with E-state index >= 15 is 0 Å². The van der Waals surface area contributed by atoms with E-state index in [4.69, 9.17) is 0 Å². The lowest BCUT2D eigenvalue weighted by Crippen LogP contribution is -2.00. The lowest BCUT2D eigenvalue weighted by molar-refractivity contribution is 0.550. The van der Waals surface area contributed by atoms with Crippen LogP contribution in [0.15, 0.2) is 34.2 Å². The van der Waals surface area contributed by atoms with Crippen molar-refractivity contribution in [2.24, 2.45) is 0 Å². The van der Waals surface area contributed by atoms with Crippen molar-refractivity contribution in [3.8, 4) is 0 Å². The van der Waals surface area contributed by atoms with Crippen LogP contribution < -0.4 is 5.32 Å². The van der Waals surface area contributed by atoms with E-state index in [1.807, 2.05) is 0 Å². The zero-order valence-corrected chi connectivity index (χ0v) is 10.5. The SMILES string of the molecule is CNc1nc(Sc2cc(F)ccc2F)c(F)cc1F. The lowest BCUT2D eigenvalue weighted by atomic mass is 10.3. The predicted molar refractivity (Wildman–Crippen MR) is 64.2 cm³/mol. The van der Waals surface area contributed by atoms with Gasteiger partial charge in [-0.15, -0.1) is 0 Å². The summed E-state index contributed by atoms with van der Waals surface area (Å²) in [6.45, 7) is 0. The molecule has 0 atom stereocenters. The molecule has 1 aromatic heterocycles. The van der Waals surface area contributed by atoms with Gasteiger partial charge in [0.15, 0.2) is 17.5 Å². The van der Waals surface area contributed by atoms with Gasteiger partial charge in [-0.2, -0.15) is 0 Å². The number of aromatic nitrogens is 1. The van der Waals surface area contributed by atoms with Gasteiger partial charge in [0.1, 0.15) is 16.7 Å². The average Bonchev–Trinajstić information content (AvgIpc) is 2.37. The van der Waals surface area contributed by atoms with Gasteiger partial charge in [-0.1, -0.05) is 11.8 Å². The first-order chi connectivity index (χ1) is 9.01. The maximum Gasteiger partial charge on any atom is 0.168 e. The van der Waals surface area contributed by atoms with Crippen LogP contribution in [0.4, 0.5) is 23.4 Å². The minimum Gasteiger partial charge on any atom is -0.371 e. The van der Waals surface area contributed by atoms with Crippen molar-refractivity contribution in [3.63, 3.8) is 0 Å². The minimum atomic E-state index is -0.940. The summed E-state index contributed by atoms with van der Waals surface area (Å²) in [6.07, 6.45) is 0. The second kappa shape index (κ2) is 5.48. The fourth-order valence-electron chi connectivity index (χ4n) is 1.36. The van der Waals surface area contributed by atoms with Crippen LogP contribution >= 0.6 is 11.8 Å². The van der Waals surface area contributed by atoms with Crippen LogP contribution in [0.1, 0.15) is 0 Å². The fourth-order valence-corrected chi connectivity index (χ4v) is 2.19. The Hall–Kier alpha value is -1.76. The maximum absolute atomic E-state index is 13.5. The Morgan fingerprint density at radius 3 is 2.42 bits per heavy atom. The van der Waals surface area contributed by atoms with Crippen molar-refractivity contribution in [2.45, 2.75) is 9.92 Å².